The van der Waals surface area contributed by atoms with Crippen molar-refractivity contribution in [3.63, 3.8) is 0 Å². The molecule has 1 heterocycles. The molecule has 0 atom stereocenters. The third kappa shape index (κ3) is 3.99. The third-order valence-corrected chi connectivity index (χ3v) is 3.77. The van der Waals surface area contributed by atoms with Crippen molar-refractivity contribution in [3.05, 3.63) is 43.9 Å². The average Bonchev–Trinajstić information content (AvgIpc) is 2.84. The van der Waals surface area contributed by atoms with Gasteiger partial charge in [-0.1, -0.05) is 36.8 Å². The average molecular weight is 341 g/mol. The number of aromatic nitrogens is 2. The van der Waals surface area contributed by atoms with Crippen LogP contribution in [0.2, 0.25) is 5.02 Å². The minimum Gasteiger partial charge on any atom is -0.296 e. The molecule has 1 aromatic heterocycles. The van der Waals surface area contributed by atoms with Gasteiger partial charge >= 0.3 is 0 Å². The molecular weight excluding hydrogens is 328 g/mol. The van der Waals surface area contributed by atoms with E-state index in [9.17, 15) is 14.9 Å². The number of halogens is 1. The van der Waals surface area contributed by atoms with Gasteiger partial charge in [-0.05, 0) is 18.1 Å². The zero-order valence-corrected chi connectivity index (χ0v) is 13.4. The largest absolute Gasteiger partial charge is 0.296 e. The van der Waals surface area contributed by atoms with Crippen LogP contribution in [-0.2, 0) is 6.42 Å². The van der Waals surface area contributed by atoms with E-state index < -0.39 is 10.8 Å². The molecule has 2 rings (SSSR count). The Labute approximate surface area is 135 Å². The van der Waals surface area contributed by atoms with Crippen molar-refractivity contribution >= 4 is 39.7 Å². The normalized spacial score (nSPS) is 10.7. The summed E-state index contributed by atoms with van der Waals surface area (Å²) in [5, 5.41) is 22.7. The fraction of sp³-hybridized carbons (Fsp3) is 0.308. The molecule has 0 saturated heterocycles. The van der Waals surface area contributed by atoms with Crippen LogP contribution in [0.4, 0.5) is 10.8 Å². The fourth-order valence-electron chi connectivity index (χ4n) is 1.75. The number of rotatable bonds is 5. The molecule has 7 nitrogen and oxygen atoms in total. The van der Waals surface area contributed by atoms with Gasteiger partial charge in [0.1, 0.15) is 10.6 Å². The maximum atomic E-state index is 12.2. The number of nitro benzene ring substituents is 1. The van der Waals surface area contributed by atoms with Crippen LogP contribution in [0, 0.1) is 16.0 Å². The topological polar surface area (TPSA) is 98.0 Å². The number of carbonyl (C=O) groups is 1. The minimum atomic E-state index is -0.638. The summed E-state index contributed by atoms with van der Waals surface area (Å²) in [6, 6.07) is 3.81. The molecule has 0 unspecified atom stereocenters. The number of hydrogen-bond donors (Lipinski definition) is 1. The molecule has 22 heavy (non-hydrogen) atoms. The summed E-state index contributed by atoms with van der Waals surface area (Å²) in [7, 11) is 0. The first-order chi connectivity index (χ1) is 10.4. The first-order valence-corrected chi connectivity index (χ1v) is 7.64. The van der Waals surface area contributed by atoms with Gasteiger partial charge in [0, 0.05) is 17.5 Å². The Hall–Kier alpha value is -2.06. The fourth-order valence-corrected chi connectivity index (χ4v) is 2.87. The molecule has 116 valence electrons. The number of amides is 1. The van der Waals surface area contributed by atoms with Gasteiger partial charge in [-0.25, -0.2) is 0 Å². The van der Waals surface area contributed by atoms with E-state index in [-0.39, 0.29) is 16.3 Å². The zero-order chi connectivity index (χ0) is 16.3. The molecule has 0 radical (unpaired) electrons. The second-order valence-electron chi connectivity index (χ2n) is 4.97. The first-order valence-electron chi connectivity index (χ1n) is 6.44. The Kier molecular flexibility index (Phi) is 5.04. The van der Waals surface area contributed by atoms with Gasteiger partial charge in [0.2, 0.25) is 5.13 Å². The van der Waals surface area contributed by atoms with E-state index in [1.165, 1.54) is 29.5 Å². The Morgan fingerprint density at radius 1 is 1.45 bits per heavy atom. The van der Waals surface area contributed by atoms with E-state index in [0.717, 1.165) is 11.4 Å². The van der Waals surface area contributed by atoms with Gasteiger partial charge < -0.3 is 0 Å². The predicted molar refractivity (Wildman–Crippen MR) is 84.5 cm³/mol. The van der Waals surface area contributed by atoms with Crippen molar-refractivity contribution in [1.29, 1.82) is 0 Å². The maximum absolute atomic E-state index is 12.2. The molecule has 2 aromatic rings. The molecule has 1 amide bonds. The third-order valence-electron chi connectivity index (χ3n) is 2.67. The lowest BCUT2D eigenvalue weighted by atomic mass is 10.1. The summed E-state index contributed by atoms with van der Waals surface area (Å²) in [5.74, 6) is -0.216. The van der Waals surface area contributed by atoms with Crippen LogP contribution < -0.4 is 5.32 Å². The van der Waals surface area contributed by atoms with E-state index >= 15 is 0 Å². The van der Waals surface area contributed by atoms with Crippen LogP contribution in [0.15, 0.2) is 18.2 Å². The van der Waals surface area contributed by atoms with E-state index in [0.29, 0.717) is 11.0 Å². The molecule has 0 aliphatic heterocycles. The summed E-state index contributed by atoms with van der Waals surface area (Å²) in [5.41, 5.74) is -0.424. The van der Waals surface area contributed by atoms with Crippen molar-refractivity contribution < 1.29 is 9.72 Å². The highest BCUT2D eigenvalue weighted by Crippen LogP contribution is 2.25. The Balaban J connectivity index is 2.20. The van der Waals surface area contributed by atoms with E-state index in [1.54, 1.807) is 0 Å². The highest BCUT2D eigenvalue weighted by molar-refractivity contribution is 7.15. The van der Waals surface area contributed by atoms with Gasteiger partial charge in [0.15, 0.2) is 0 Å². The summed E-state index contributed by atoms with van der Waals surface area (Å²) >= 11 is 7.05. The van der Waals surface area contributed by atoms with Gasteiger partial charge in [-0.15, -0.1) is 10.2 Å². The van der Waals surface area contributed by atoms with E-state index in [2.05, 4.69) is 29.4 Å². The molecule has 0 saturated carbocycles. The SMILES string of the molecule is CC(C)Cc1nnc(NC(=O)c2cc(Cl)ccc2[N+](=O)[O-])s1. The summed E-state index contributed by atoms with van der Waals surface area (Å²) in [6.45, 7) is 4.10. The van der Waals surface area contributed by atoms with Crippen molar-refractivity contribution in [2.75, 3.05) is 5.32 Å². The Morgan fingerprint density at radius 3 is 2.82 bits per heavy atom. The molecule has 9 heteroatoms. The number of carbonyl (C=O) groups excluding carboxylic acids is 1. The van der Waals surface area contributed by atoms with Crippen molar-refractivity contribution in [2.24, 2.45) is 5.92 Å². The molecule has 0 bridgehead atoms. The number of hydrogen-bond acceptors (Lipinski definition) is 6. The van der Waals surface area contributed by atoms with E-state index in [4.69, 9.17) is 11.6 Å². The quantitative estimate of drug-likeness (QED) is 0.663. The number of anilines is 1. The second kappa shape index (κ2) is 6.80. The van der Waals surface area contributed by atoms with Crippen LogP contribution in [0.3, 0.4) is 0 Å². The molecule has 0 aliphatic carbocycles. The molecule has 0 fully saturated rings. The Morgan fingerprint density at radius 2 is 2.18 bits per heavy atom. The minimum absolute atomic E-state index is 0.113. The smallest absolute Gasteiger partial charge is 0.282 e. The first kappa shape index (κ1) is 16.3. The standard InChI is InChI=1S/C13H13ClN4O3S/c1-7(2)5-11-16-17-13(22-11)15-12(19)9-6-8(14)3-4-10(9)18(20)21/h3-4,6-7H,5H2,1-2H3,(H,15,17,19). The van der Waals surface area contributed by atoms with Crippen molar-refractivity contribution in [3.8, 4) is 0 Å². The molecule has 1 aromatic carbocycles. The van der Waals surface area contributed by atoms with Crippen LogP contribution in [0.1, 0.15) is 29.2 Å². The highest BCUT2D eigenvalue weighted by atomic mass is 35.5. The van der Waals surface area contributed by atoms with Crippen LogP contribution in [0.5, 0.6) is 0 Å². The van der Waals surface area contributed by atoms with Gasteiger partial charge in [0.05, 0.1) is 4.92 Å². The maximum Gasteiger partial charge on any atom is 0.282 e. The van der Waals surface area contributed by atoms with Crippen LogP contribution >= 0.6 is 22.9 Å². The number of nitro groups is 1. The molecule has 0 aliphatic rings. The zero-order valence-electron chi connectivity index (χ0n) is 11.9. The molecule has 1 N–H and O–H groups in total. The van der Waals surface area contributed by atoms with E-state index in [1.807, 2.05) is 0 Å². The van der Waals surface area contributed by atoms with Crippen LogP contribution in [-0.4, -0.2) is 21.0 Å². The second-order valence-corrected chi connectivity index (χ2v) is 6.47. The summed E-state index contributed by atoms with van der Waals surface area (Å²) in [6.07, 6.45) is 0.755. The van der Waals surface area contributed by atoms with Crippen molar-refractivity contribution in [1.82, 2.24) is 10.2 Å². The molecule has 0 spiro atoms. The Bertz CT molecular complexity index is 717. The lowest BCUT2D eigenvalue weighted by Crippen LogP contribution is -2.13. The lowest BCUT2D eigenvalue weighted by molar-refractivity contribution is -0.385. The van der Waals surface area contributed by atoms with Crippen molar-refractivity contribution in [2.45, 2.75) is 20.3 Å². The lowest BCUT2D eigenvalue weighted by Gasteiger charge is -2.03. The predicted octanol–water partition coefficient (Wildman–Crippen LogP) is 3.55. The molecular formula is C13H13ClN4O3S. The van der Waals surface area contributed by atoms with Crippen LogP contribution in [0.25, 0.3) is 0 Å². The number of nitrogens with zero attached hydrogens (tertiary/aromatic N) is 3. The number of benzene rings is 1. The summed E-state index contributed by atoms with van der Waals surface area (Å²) in [4.78, 5) is 22.5. The van der Waals surface area contributed by atoms with Gasteiger partial charge in [-0.2, -0.15) is 0 Å². The monoisotopic (exact) mass is 340 g/mol. The highest BCUT2D eigenvalue weighted by Gasteiger charge is 2.21. The van der Waals surface area contributed by atoms with Gasteiger partial charge in [0.25, 0.3) is 11.6 Å². The summed E-state index contributed by atoms with van der Waals surface area (Å²) < 4.78 is 0. The number of nitrogens with one attached hydrogen (secondary N) is 1. The van der Waals surface area contributed by atoms with Gasteiger partial charge in [-0.3, -0.25) is 20.2 Å².